The molecule has 6 nitrogen and oxygen atoms in total. The number of nitrogens with zero attached hydrogens (tertiary/aromatic N) is 2. The van der Waals surface area contributed by atoms with Crippen LogP contribution in [0, 0.1) is 0 Å². The molecule has 1 amide bonds. The Hall–Kier alpha value is -3.11. The van der Waals surface area contributed by atoms with Gasteiger partial charge in [0.1, 0.15) is 17.9 Å². The van der Waals surface area contributed by atoms with Gasteiger partial charge in [-0.25, -0.2) is 9.78 Å². The standard InChI is InChI=1S/C20H14ClF3N2O4S/c1-11(27)26(15-4-2-3-12(7-15)20(22,23)24)19-25-14(10-31-19)9-30-18(29)16-8-13(21)5-6-17(16)28/h2-8,10,28H,9H2,1H3. The van der Waals surface area contributed by atoms with Crippen molar-refractivity contribution < 1.29 is 32.6 Å². The van der Waals surface area contributed by atoms with Crippen LogP contribution >= 0.6 is 22.9 Å². The van der Waals surface area contributed by atoms with E-state index in [1.165, 1.54) is 42.6 Å². The molecule has 0 bridgehead atoms. The molecule has 0 aliphatic carbocycles. The van der Waals surface area contributed by atoms with Crippen LogP contribution < -0.4 is 4.90 Å². The van der Waals surface area contributed by atoms with Gasteiger partial charge in [0.2, 0.25) is 5.91 Å². The lowest BCUT2D eigenvalue weighted by molar-refractivity contribution is -0.137. The lowest BCUT2D eigenvalue weighted by Gasteiger charge is -2.19. The highest BCUT2D eigenvalue weighted by molar-refractivity contribution is 7.14. The number of halogens is 4. The molecule has 1 heterocycles. The number of phenols is 1. The van der Waals surface area contributed by atoms with Crippen LogP contribution in [-0.4, -0.2) is 22.0 Å². The quantitative estimate of drug-likeness (QED) is 0.494. The zero-order valence-electron chi connectivity index (χ0n) is 15.8. The van der Waals surface area contributed by atoms with Crippen molar-refractivity contribution in [1.82, 2.24) is 4.98 Å². The zero-order chi connectivity index (χ0) is 22.8. The topological polar surface area (TPSA) is 79.7 Å². The molecule has 11 heteroatoms. The lowest BCUT2D eigenvalue weighted by atomic mass is 10.2. The molecule has 0 saturated heterocycles. The highest BCUT2D eigenvalue weighted by Crippen LogP contribution is 2.35. The van der Waals surface area contributed by atoms with Crippen molar-refractivity contribution in [3.05, 3.63) is 69.7 Å². The van der Waals surface area contributed by atoms with Crippen molar-refractivity contribution >= 4 is 45.6 Å². The number of carbonyl (C=O) groups excluding carboxylic acids is 2. The first kappa shape index (κ1) is 22.6. The van der Waals surface area contributed by atoms with Crippen LogP contribution in [0.25, 0.3) is 0 Å². The van der Waals surface area contributed by atoms with Crippen LogP contribution in [0.4, 0.5) is 24.0 Å². The number of phenolic OH excluding ortho intramolecular Hbond substituents is 1. The molecule has 1 N–H and O–H groups in total. The van der Waals surface area contributed by atoms with Crippen LogP contribution in [0.3, 0.4) is 0 Å². The van der Waals surface area contributed by atoms with E-state index in [-0.39, 0.29) is 39.5 Å². The van der Waals surface area contributed by atoms with Crippen LogP contribution in [0.1, 0.15) is 28.5 Å². The summed E-state index contributed by atoms with van der Waals surface area (Å²) < 4.78 is 44.2. The maximum Gasteiger partial charge on any atom is 0.416 e. The Kier molecular flexibility index (Phi) is 6.51. The monoisotopic (exact) mass is 470 g/mol. The van der Waals surface area contributed by atoms with Crippen LogP contribution in [0.2, 0.25) is 5.02 Å². The predicted molar refractivity (Wildman–Crippen MR) is 109 cm³/mol. The van der Waals surface area contributed by atoms with Gasteiger partial charge in [0, 0.05) is 17.3 Å². The van der Waals surface area contributed by atoms with E-state index >= 15 is 0 Å². The fraction of sp³-hybridized carbons (Fsp3) is 0.150. The average molecular weight is 471 g/mol. The normalized spacial score (nSPS) is 11.3. The van der Waals surface area contributed by atoms with E-state index in [9.17, 15) is 27.9 Å². The second-order valence-corrected chi connectivity index (χ2v) is 7.53. The van der Waals surface area contributed by atoms with Crippen molar-refractivity contribution in [2.45, 2.75) is 19.7 Å². The third kappa shape index (κ3) is 5.33. The van der Waals surface area contributed by atoms with E-state index in [1.807, 2.05) is 0 Å². The minimum absolute atomic E-state index is 0.00377. The number of thiazole rings is 1. The molecular formula is C20H14ClF3N2O4S. The Morgan fingerprint density at radius 3 is 2.65 bits per heavy atom. The number of ether oxygens (including phenoxy) is 1. The zero-order valence-corrected chi connectivity index (χ0v) is 17.4. The van der Waals surface area contributed by atoms with Gasteiger partial charge in [-0.15, -0.1) is 11.3 Å². The molecule has 0 radical (unpaired) electrons. The van der Waals surface area contributed by atoms with Crippen molar-refractivity contribution in [3.63, 3.8) is 0 Å². The summed E-state index contributed by atoms with van der Waals surface area (Å²) in [5.74, 6) is -1.68. The summed E-state index contributed by atoms with van der Waals surface area (Å²) in [7, 11) is 0. The summed E-state index contributed by atoms with van der Waals surface area (Å²) in [5.41, 5.74) is -0.752. The molecule has 0 aliphatic heterocycles. The predicted octanol–water partition coefficient (Wildman–Crippen LogP) is 5.56. The fourth-order valence-corrected chi connectivity index (χ4v) is 3.65. The Balaban J connectivity index is 1.79. The Labute approximate surface area is 183 Å². The summed E-state index contributed by atoms with van der Waals surface area (Å²) in [6, 6.07) is 8.22. The van der Waals surface area contributed by atoms with E-state index in [1.54, 1.807) is 0 Å². The molecule has 162 valence electrons. The second kappa shape index (κ2) is 8.94. The van der Waals surface area contributed by atoms with E-state index in [2.05, 4.69) is 4.98 Å². The number of aromatic hydroxyl groups is 1. The third-order valence-corrected chi connectivity index (χ3v) is 5.12. The molecule has 0 spiro atoms. The molecule has 1 aromatic heterocycles. The summed E-state index contributed by atoms with van der Waals surface area (Å²) in [6.07, 6.45) is -4.56. The van der Waals surface area contributed by atoms with Crippen LogP contribution in [-0.2, 0) is 22.3 Å². The number of hydrogen-bond acceptors (Lipinski definition) is 6. The molecule has 31 heavy (non-hydrogen) atoms. The summed E-state index contributed by atoms with van der Waals surface area (Å²) in [6.45, 7) is 0.916. The number of benzene rings is 2. The molecule has 3 rings (SSSR count). The van der Waals surface area contributed by atoms with Gasteiger partial charge in [-0.1, -0.05) is 17.7 Å². The van der Waals surface area contributed by atoms with Gasteiger partial charge < -0.3 is 9.84 Å². The third-order valence-electron chi connectivity index (χ3n) is 4.01. The highest BCUT2D eigenvalue weighted by atomic mass is 35.5. The van der Waals surface area contributed by atoms with Crippen molar-refractivity contribution in [2.24, 2.45) is 0 Å². The summed E-state index contributed by atoms with van der Waals surface area (Å²) in [4.78, 5) is 29.5. The van der Waals surface area contributed by atoms with Crippen LogP contribution in [0.15, 0.2) is 47.8 Å². The molecule has 0 saturated carbocycles. The number of hydrogen-bond donors (Lipinski definition) is 1. The van der Waals surface area contributed by atoms with E-state index in [4.69, 9.17) is 16.3 Å². The summed E-state index contributed by atoms with van der Waals surface area (Å²) >= 11 is 6.80. The van der Waals surface area contributed by atoms with Gasteiger partial charge in [0.25, 0.3) is 0 Å². The lowest BCUT2D eigenvalue weighted by Crippen LogP contribution is -2.23. The van der Waals surface area contributed by atoms with Gasteiger partial charge in [-0.3, -0.25) is 9.69 Å². The van der Waals surface area contributed by atoms with Gasteiger partial charge in [-0.2, -0.15) is 13.2 Å². The van der Waals surface area contributed by atoms with Crippen molar-refractivity contribution in [1.29, 1.82) is 0 Å². The van der Waals surface area contributed by atoms with E-state index in [0.717, 1.165) is 28.4 Å². The number of anilines is 2. The highest BCUT2D eigenvalue weighted by Gasteiger charge is 2.31. The minimum atomic E-state index is -4.56. The maximum atomic E-state index is 13.0. The smallest absolute Gasteiger partial charge is 0.416 e. The Morgan fingerprint density at radius 2 is 1.97 bits per heavy atom. The van der Waals surface area contributed by atoms with Crippen molar-refractivity contribution in [3.8, 4) is 5.75 Å². The Bertz CT molecular complexity index is 1130. The number of rotatable bonds is 5. The minimum Gasteiger partial charge on any atom is -0.507 e. The number of carbonyl (C=O) groups is 2. The molecule has 3 aromatic rings. The van der Waals surface area contributed by atoms with Crippen molar-refractivity contribution in [2.75, 3.05) is 4.90 Å². The average Bonchev–Trinajstić information content (AvgIpc) is 3.16. The molecular weight excluding hydrogens is 457 g/mol. The molecule has 2 aromatic carbocycles. The fourth-order valence-electron chi connectivity index (χ4n) is 2.60. The van der Waals surface area contributed by atoms with Gasteiger partial charge in [0.15, 0.2) is 5.13 Å². The maximum absolute atomic E-state index is 13.0. The van der Waals surface area contributed by atoms with E-state index in [0.29, 0.717) is 0 Å². The number of esters is 1. The van der Waals surface area contributed by atoms with Gasteiger partial charge in [-0.05, 0) is 36.4 Å². The first-order valence-corrected chi connectivity index (χ1v) is 9.90. The van der Waals surface area contributed by atoms with E-state index < -0.39 is 23.6 Å². The SMILES string of the molecule is CC(=O)N(c1cccc(C(F)(F)F)c1)c1nc(COC(=O)c2cc(Cl)ccc2O)cs1. The number of aromatic nitrogens is 1. The first-order valence-electron chi connectivity index (χ1n) is 8.64. The Morgan fingerprint density at radius 1 is 1.23 bits per heavy atom. The van der Waals surface area contributed by atoms with Gasteiger partial charge >= 0.3 is 12.1 Å². The van der Waals surface area contributed by atoms with Gasteiger partial charge in [0.05, 0.1) is 16.9 Å². The molecule has 0 aliphatic rings. The largest absolute Gasteiger partial charge is 0.507 e. The molecule has 0 fully saturated rings. The van der Waals surface area contributed by atoms with Crippen LogP contribution in [0.5, 0.6) is 5.75 Å². The molecule has 0 atom stereocenters. The molecule has 0 unspecified atom stereocenters. The first-order chi connectivity index (χ1) is 14.6. The number of amides is 1. The summed E-state index contributed by atoms with van der Waals surface area (Å²) in [5, 5.41) is 11.6. The second-order valence-electron chi connectivity index (χ2n) is 6.26. The number of alkyl halides is 3.